The molecule has 6 heteroatoms. The number of piperidine rings is 1. The molecule has 0 bridgehead atoms. The van der Waals surface area contributed by atoms with Crippen LogP contribution in [0.4, 0.5) is 0 Å². The third-order valence-corrected chi connectivity index (χ3v) is 5.13. The minimum atomic E-state index is 0. The first-order valence-electron chi connectivity index (χ1n) is 7.87. The number of carbonyl (C=O) groups is 1. The maximum atomic E-state index is 12.6. The topological polar surface area (TPSA) is 61.8 Å². The molecule has 2 aliphatic rings. The lowest BCUT2D eigenvalue weighted by Crippen LogP contribution is -2.34. The number of benzene rings is 1. The van der Waals surface area contributed by atoms with Crippen LogP contribution in [0, 0.1) is 11.3 Å². The predicted molar refractivity (Wildman–Crippen MR) is 91.0 cm³/mol. The molecule has 5 nitrogen and oxygen atoms in total. The van der Waals surface area contributed by atoms with Gasteiger partial charge in [0.15, 0.2) is 11.5 Å². The van der Waals surface area contributed by atoms with E-state index in [9.17, 15) is 9.90 Å². The maximum absolute atomic E-state index is 12.6. The molecule has 1 saturated carbocycles. The molecule has 1 heterocycles. The first kappa shape index (κ1) is 17.9. The van der Waals surface area contributed by atoms with Crippen LogP contribution < -0.4 is 10.1 Å². The number of nitrogens with one attached hydrogen (secondary N) is 1. The third kappa shape index (κ3) is 3.56. The van der Waals surface area contributed by atoms with E-state index < -0.39 is 0 Å². The Bertz CT molecular complexity index is 573. The predicted octanol–water partition coefficient (Wildman–Crippen LogP) is 2.17. The number of methoxy groups -OCH3 is 1. The first-order valence-corrected chi connectivity index (χ1v) is 7.87. The third-order valence-electron chi connectivity index (χ3n) is 5.13. The summed E-state index contributed by atoms with van der Waals surface area (Å²) in [5, 5.41) is 13.2. The summed E-state index contributed by atoms with van der Waals surface area (Å²) in [4.78, 5) is 14.4. The van der Waals surface area contributed by atoms with Gasteiger partial charge >= 0.3 is 0 Å². The number of hydrogen-bond donors (Lipinski definition) is 2. The molecule has 0 aromatic heterocycles. The fourth-order valence-corrected chi connectivity index (χ4v) is 3.63. The van der Waals surface area contributed by atoms with Crippen LogP contribution >= 0.6 is 12.4 Å². The summed E-state index contributed by atoms with van der Waals surface area (Å²) in [5.41, 5.74) is 1.17. The quantitative estimate of drug-likeness (QED) is 0.882. The number of nitrogens with zero attached hydrogens (tertiary/aromatic N) is 1. The summed E-state index contributed by atoms with van der Waals surface area (Å²) in [6.07, 6.45) is 3.26. The van der Waals surface area contributed by atoms with Gasteiger partial charge < -0.3 is 20.1 Å². The average molecular weight is 341 g/mol. The molecule has 3 rings (SSSR count). The highest BCUT2D eigenvalue weighted by molar-refractivity contribution is 5.85. The Morgan fingerprint density at radius 1 is 1.43 bits per heavy atom. The number of ether oxygens (including phenoxy) is 1. The van der Waals surface area contributed by atoms with Crippen molar-refractivity contribution in [1.82, 2.24) is 10.2 Å². The van der Waals surface area contributed by atoms with Gasteiger partial charge in [-0.3, -0.25) is 4.79 Å². The van der Waals surface area contributed by atoms with E-state index in [-0.39, 0.29) is 35.4 Å². The summed E-state index contributed by atoms with van der Waals surface area (Å²) in [6, 6.07) is 5.28. The van der Waals surface area contributed by atoms with Crippen molar-refractivity contribution in [3.05, 3.63) is 23.8 Å². The van der Waals surface area contributed by atoms with Gasteiger partial charge in [-0.1, -0.05) is 6.07 Å². The van der Waals surface area contributed by atoms with Gasteiger partial charge in [-0.25, -0.2) is 0 Å². The Morgan fingerprint density at radius 2 is 2.13 bits per heavy atom. The van der Waals surface area contributed by atoms with Crippen molar-refractivity contribution < 1.29 is 14.6 Å². The van der Waals surface area contributed by atoms with E-state index in [2.05, 4.69) is 5.32 Å². The van der Waals surface area contributed by atoms with Crippen molar-refractivity contribution in [3.63, 3.8) is 0 Å². The largest absolute Gasteiger partial charge is 0.504 e. The highest BCUT2D eigenvalue weighted by Gasteiger charge is 2.58. The lowest BCUT2D eigenvalue weighted by molar-refractivity contribution is -0.132. The standard InChI is InChI=1S/C17H24N2O3.ClH/c1-19(11-12-3-4-15(22-2)14(20)9-12)16(21)13-10-17(13)5-7-18-8-6-17;/h3-4,9,13,18,20H,5-8,10-11H2,1-2H3;1H. The number of halogens is 1. The van der Waals surface area contributed by atoms with Gasteiger partial charge in [-0.05, 0) is 55.5 Å². The van der Waals surface area contributed by atoms with Crippen molar-refractivity contribution in [2.45, 2.75) is 25.8 Å². The minimum absolute atomic E-state index is 0. The van der Waals surface area contributed by atoms with Crippen LogP contribution in [-0.4, -0.2) is 43.2 Å². The summed E-state index contributed by atoms with van der Waals surface area (Å²) >= 11 is 0. The van der Waals surface area contributed by atoms with Gasteiger partial charge in [0, 0.05) is 19.5 Å². The normalized spacial score (nSPS) is 21.4. The second kappa shape index (κ2) is 6.97. The molecule has 1 unspecified atom stereocenters. The van der Waals surface area contributed by atoms with Crippen molar-refractivity contribution >= 4 is 18.3 Å². The second-order valence-corrected chi connectivity index (χ2v) is 6.57. The lowest BCUT2D eigenvalue weighted by Gasteiger charge is -2.25. The Morgan fingerprint density at radius 3 is 2.74 bits per heavy atom. The summed E-state index contributed by atoms with van der Waals surface area (Å²) < 4.78 is 5.04. The Hall–Kier alpha value is -1.46. The van der Waals surface area contributed by atoms with Crippen LogP contribution in [0.5, 0.6) is 11.5 Å². The number of phenolic OH excluding ortho intramolecular Hbond substituents is 1. The van der Waals surface area contributed by atoms with Gasteiger partial charge in [0.1, 0.15) is 0 Å². The number of rotatable bonds is 4. The van der Waals surface area contributed by atoms with Crippen molar-refractivity contribution in [1.29, 1.82) is 0 Å². The molecule has 1 aliphatic carbocycles. The number of phenols is 1. The van der Waals surface area contributed by atoms with Crippen LogP contribution in [0.2, 0.25) is 0 Å². The van der Waals surface area contributed by atoms with Crippen molar-refractivity contribution in [3.8, 4) is 11.5 Å². The zero-order valence-electron chi connectivity index (χ0n) is 13.7. The molecule has 23 heavy (non-hydrogen) atoms. The van der Waals surface area contributed by atoms with E-state index in [1.54, 1.807) is 17.0 Å². The maximum Gasteiger partial charge on any atom is 0.226 e. The molecule has 2 fully saturated rings. The highest BCUT2D eigenvalue weighted by atomic mass is 35.5. The molecular weight excluding hydrogens is 316 g/mol. The van der Waals surface area contributed by atoms with Crippen molar-refractivity contribution in [2.75, 3.05) is 27.2 Å². The number of carbonyl (C=O) groups excluding carboxylic acids is 1. The molecule has 1 spiro atoms. The van der Waals surface area contributed by atoms with Gasteiger partial charge in [-0.2, -0.15) is 0 Å². The molecule has 0 radical (unpaired) electrons. The van der Waals surface area contributed by atoms with Gasteiger partial charge in [0.25, 0.3) is 0 Å². The first-order chi connectivity index (χ1) is 10.6. The van der Waals surface area contributed by atoms with Gasteiger partial charge in [0.2, 0.25) is 5.91 Å². The van der Waals surface area contributed by atoms with E-state index in [0.717, 1.165) is 37.9 Å². The zero-order chi connectivity index (χ0) is 15.7. The minimum Gasteiger partial charge on any atom is -0.504 e. The summed E-state index contributed by atoms with van der Waals surface area (Å²) in [5.74, 6) is 0.985. The van der Waals surface area contributed by atoms with Crippen LogP contribution in [0.25, 0.3) is 0 Å². The number of hydrogen-bond acceptors (Lipinski definition) is 4. The average Bonchev–Trinajstić information content (AvgIpc) is 3.20. The molecular formula is C17H25ClN2O3. The molecule has 1 saturated heterocycles. The van der Waals surface area contributed by atoms with Crippen molar-refractivity contribution in [2.24, 2.45) is 11.3 Å². The molecule has 1 atom stereocenters. The fourth-order valence-electron chi connectivity index (χ4n) is 3.63. The van der Waals surface area contributed by atoms with Crippen LogP contribution in [0.1, 0.15) is 24.8 Å². The highest BCUT2D eigenvalue weighted by Crippen LogP contribution is 2.59. The molecule has 128 valence electrons. The SMILES string of the molecule is COc1ccc(CN(C)C(=O)C2CC23CCNCC3)cc1O.Cl. The zero-order valence-corrected chi connectivity index (χ0v) is 14.5. The van der Waals surface area contributed by atoms with E-state index in [1.165, 1.54) is 7.11 Å². The monoisotopic (exact) mass is 340 g/mol. The summed E-state index contributed by atoms with van der Waals surface area (Å²) in [6.45, 7) is 2.57. The Kier molecular flexibility index (Phi) is 5.42. The van der Waals surface area contributed by atoms with Gasteiger partial charge in [0.05, 0.1) is 7.11 Å². The van der Waals surface area contributed by atoms with E-state index in [0.29, 0.717) is 12.3 Å². The summed E-state index contributed by atoms with van der Waals surface area (Å²) in [7, 11) is 3.37. The van der Waals surface area contributed by atoms with E-state index in [1.807, 2.05) is 13.1 Å². The fraction of sp³-hybridized carbons (Fsp3) is 0.588. The molecule has 2 N–H and O–H groups in total. The van der Waals surface area contributed by atoms with E-state index in [4.69, 9.17) is 4.74 Å². The van der Waals surface area contributed by atoms with E-state index >= 15 is 0 Å². The molecule has 1 amide bonds. The molecule has 1 aromatic rings. The van der Waals surface area contributed by atoms with Gasteiger partial charge in [-0.15, -0.1) is 12.4 Å². The van der Waals surface area contributed by atoms with Crippen LogP contribution in [-0.2, 0) is 11.3 Å². The molecule has 1 aromatic carbocycles. The van der Waals surface area contributed by atoms with Crippen LogP contribution in [0.15, 0.2) is 18.2 Å². The number of amides is 1. The Balaban J connectivity index is 0.00000192. The smallest absolute Gasteiger partial charge is 0.226 e. The second-order valence-electron chi connectivity index (χ2n) is 6.57. The molecule has 1 aliphatic heterocycles. The Labute approximate surface area is 143 Å². The lowest BCUT2D eigenvalue weighted by atomic mass is 9.91. The van der Waals surface area contributed by atoms with Crippen LogP contribution in [0.3, 0.4) is 0 Å². The number of aromatic hydroxyl groups is 1.